The van der Waals surface area contributed by atoms with E-state index in [0.717, 1.165) is 10.2 Å². The first kappa shape index (κ1) is 15.3. The number of hydrogen-bond acceptors (Lipinski definition) is 2. The molecule has 0 radical (unpaired) electrons. The highest BCUT2D eigenvalue weighted by Gasteiger charge is 2.20. The number of nitrogens with one attached hydrogen (secondary N) is 1. The lowest BCUT2D eigenvalue weighted by molar-refractivity contribution is 0.585. The molecule has 20 heavy (non-hydrogen) atoms. The molecular formula is C16H22BrN3. The van der Waals surface area contributed by atoms with Crippen LogP contribution in [0.5, 0.6) is 0 Å². The summed E-state index contributed by atoms with van der Waals surface area (Å²) in [5.41, 5.74) is 3.90. The minimum Gasteiger partial charge on any atom is -0.308 e. The fourth-order valence-electron chi connectivity index (χ4n) is 2.38. The normalized spacial score (nSPS) is 13.5. The lowest BCUT2D eigenvalue weighted by Crippen LogP contribution is -2.21. The summed E-state index contributed by atoms with van der Waals surface area (Å²) in [5, 5.41) is 7.67. The van der Waals surface area contributed by atoms with E-state index in [0.29, 0.717) is 0 Å². The fraction of sp³-hybridized carbons (Fsp3) is 0.438. The molecule has 0 amide bonds. The Hall–Kier alpha value is -1.13. The molecule has 0 saturated carbocycles. The average molecular weight is 336 g/mol. The van der Waals surface area contributed by atoms with Gasteiger partial charge in [-0.3, -0.25) is 4.68 Å². The highest BCUT2D eigenvalue weighted by molar-refractivity contribution is 9.10. The largest absolute Gasteiger partial charge is 0.308 e. The van der Waals surface area contributed by atoms with Gasteiger partial charge in [0.15, 0.2) is 0 Å². The van der Waals surface area contributed by atoms with Gasteiger partial charge in [0, 0.05) is 7.05 Å². The molecule has 2 rings (SSSR count). The SMILES string of the molecule is CNC(c1ccc(C(C)(C)C)cc1)c1c(Br)cnn1C. The summed E-state index contributed by atoms with van der Waals surface area (Å²) in [6.45, 7) is 6.69. The molecule has 0 aliphatic carbocycles. The molecule has 1 N–H and O–H groups in total. The Morgan fingerprint density at radius 3 is 2.20 bits per heavy atom. The second kappa shape index (κ2) is 5.70. The Balaban J connectivity index is 2.38. The molecular weight excluding hydrogens is 314 g/mol. The molecule has 0 spiro atoms. The van der Waals surface area contributed by atoms with Crippen molar-refractivity contribution in [2.24, 2.45) is 7.05 Å². The van der Waals surface area contributed by atoms with Crippen molar-refractivity contribution in [2.75, 3.05) is 7.05 Å². The zero-order valence-corrected chi connectivity index (χ0v) is 14.3. The second-order valence-corrected chi connectivity index (χ2v) is 6.95. The van der Waals surface area contributed by atoms with Crippen molar-refractivity contribution in [3.8, 4) is 0 Å². The van der Waals surface area contributed by atoms with Gasteiger partial charge in [-0.05, 0) is 39.5 Å². The van der Waals surface area contributed by atoms with Gasteiger partial charge in [0.05, 0.1) is 22.4 Å². The molecule has 0 saturated heterocycles. The van der Waals surface area contributed by atoms with E-state index in [4.69, 9.17) is 0 Å². The molecule has 0 aliphatic rings. The van der Waals surface area contributed by atoms with Gasteiger partial charge in [-0.15, -0.1) is 0 Å². The lowest BCUT2D eigenvalue weighted by atomic mass is 9.86. The number of hydrogen-bond donors (Lipinski definition) is 1. The maximum absolute atomic E-state index is 4.30. The molecule has 1 aromatic carbocycles. The maximum atomic E-state index is 4.30. The van der Waals surface area contributed by atoms with Gasteiger partial charge in [-0.25, -0.2) is 0 Å². The standard InChI is InChI=1S/C16H22BrN3/c1-16(2,3)12-8-6-11(7-9-12)14(18-4)15-13(17)10-19-20(15)5/h6-10,14,18H,1-5H3. The van der Waals surface area contributed by atoms with Crippen LogP contribution in [0.15, 0.2) is 34.9 Å². The van der Waals surface area contributed by atoms with Crippen LogP contribution in [0, 0.1) is 0 Å². The first-order valence-corrected chi connectivity index (χ1v) is 7.59. The molecule has 0 bridgehead atoms. The van der Waals surface area contributed by atoms with Crippen molar-refractivity contribution in [3.63, 3.8) is 0 Å². The smallest absolute Gasteiger partial charge is 0.0757 e. The predicted octanol–water partition coefficient (Wildman–Crippen LogP) is 3.79. The highest BCUT2D eigenvalue weighted by Crippen LogP contribution is 2.29. The Labute approximate surface area is 129 Å². The van der Waals surface area contributed by atoms with Crippen molar-refractivity contribution < 1.29 is 0 Å². The van der Waals surface area contributed by atoms with Crippen LogP contribution in [0.25, 0.3) is 0 Å². The van der Waals surface area contributed by atoms with Crippen LogP contribution in [0.3, 0.4) is 0 Å². The van der Waals surface area contributed by atoms with E-state index in [1.807, 2.05) is 25.0 Å². The van der Waals surface area contributed by atoms with Gasteiger partial charge in [-0.2, -0.15) is 5.10 Å². The molecule has 1 aromatic heterocycles. The number of aryl methyl sites for hydroxylation is 1. The van der Waals surface area contributed by atoms with Crippen LogP contribution in [0.4, 0.5) is 0 Å². The molecule has 3 nitrogen and oxygen atoms in total. The number of benzene rings is 1. The minimum atomic E-state index is 0.130. The molecule has 0 fully saturated rings. The Morgan fingerprint density at radius 2 is 1.80 bits per heavy atom. The van der Waals surface area contributed by atoms with Crippen LogP contribution < -0.4 is 5.32 Å². The summed E-state index contributed by atoms with van der Waals surface area (Å²) < 4.78 is 2.93. The predicted molar refractivity (Wildman–Crippen MR) is 87.0 cm³/mol. The van der Waals surface area contributed by atoms with Crippen molar-refractivity contribution in [1.29, 1.82) is 0 Å². The van der Waals surface area contributed by atoms with E-state index in [2.05, 4.69) is 71.4 Å². The van der Waals surface area contributed by atoms with E-state index in [9.17, 15) is 0 Å². The quantitative estimate of drug-likeness (QED) is 0.924. The van der Waals surface area contributed by atoms with E-state index in [1.54, 1.807) is 0 Å². The van der Waals surface area contributed by atoms with Gasteiger partial charge < -0.3 is 5.32 Å². The summed E-state index contributed by atoms with van der Waals surface area (Å²) in [6.07, 6.45) is 1.84. The van der Waals surface area contributed by atoms with Crippen molar-refractivity contribution in [2.45, 2.75) is 32.2 Å². The van der Waals surface area contributed by atoms with Crippen LogP contribution in [0.1, 0.15) is 43.6 Å². The number of halogens is 1. The number of aromatic nitrogens is 2. The van der Waals surface area contributed by atoms with E-state index in [1.165, 1.54) is 11.1 Å². The van der Waals surface area contributed by atoms with Crippen molar-refractivity contribution >= 4 is 15.9 Å². The number of rotatable bonds is 3. The average Bonchev–Trinajstić information content (AvgIpc) is 2.71. The van der Waals surface area contributed by atoms with E-state index < -0.39 is 0 Å². The Bertz CT molecular complexity index is 559. The monoisotopic (exact) mass is 335 g/mol. The molecule has 1 unspecified atom stereocenters. The van der Waals surface area contributed by atoms with Crippen LogP contribution in [-0.2, 0) is 12.5 Å². The zero-order valence-electron chi connectivity index (χ0n) is 12.7. The van der Waals surface area contributed by atoms with Crippen LogP contribution in [-0.4, -0.2) is 16.8 Å². The summed E-state index contributed by atoms with van der Waals surface area (Å²) in [6, 6.07) is 8.95. The third-order valence-corrected chi connectivity index (χ3v) is 4.22. The molecule has 108 valence electrons. The topological polar surface area (TPSA) is 29.9 Å². The van der Waals surface area contributed by atoms with Gasteiger partial charge in [0.2, 0.25) is 0 Å². The molecule has 1 heterocycles. The number of nitrogens with zero attached hydrogens (tertiary/aromatic N) is 2. The third-order valence-electron chi connectivity index (χ3n) is 3.61. The summed E-state index contributed by atoms with van der Waals surface area (Å²) in [5.74, 6) is 0. The molecule has 2 aromatic rings. The maximum Gasteiger partial charge on any atom is 0.0757 e. The van der Waals surface area contributed by atoms with Gasteiger partial charge >= 0.3 is 0 Å². The first-order chi connectivity index (χ1) is 9.34. The summed E-state index contributed by atoms with van der Waals surface area (Å²) in [4.78, 5) is 0. The second-order valence-electron chi connectivity index (χ2n) is 6.10. The van der Waals surface area contributed by atoms with Gasteiger partial charge in [-0.1, -0.05) is 45.0 Å². The minimum absolute atomic E-state index is 0.130. The van der Waals surface area contributed by atoms with Crippen molar-refractivity contribution in [3.05, 3.63) is 51.8 Å². The van der Waals surface area contributed by atoms with Crippen molar-refractivity contribution in [1.82, 2.24) is 15.1 Å². The Morgan fingerprint density at radius 1 is 1.20 bits per heavy atom. The van der Waals surface area contributed by atoms with Crippen LogP contribution >= 0.6 is 15.9 Å². The Kier molecular flexibility index (Phi) is 4.35. The third kappa shape index (κ3) is 2.96. The summed E-state index contributed by atoms with van der Waals surface area (Å²) in [7, 11) is 3.94. The molecule has 4 heteroatoms. The van der Waals surface area contributed by atoms with E-state index >= 15 is 0 Å². The van der Waals surface area contributed by atoms with Crippen LogP contribution in [0.2, 0.25) is 0 Å². The summed E-state index contributed by atoms with van der Waals surface area (Å²) >= 11 is 3.58. The van der Waals surface area contributed by atoms with Gasteiger partial charge in [0.25, 0.3) is 0 Å². The molecule has 0 aliphatic heterocycles. The fourth-order valence-corrected chi connectivity index (χ4v) is 2.96. The van der Waals surface area contributed by atoms with Gasteiger partial charge in [0.1, 0.15) is 0 Å². The first-order valence-electron chi connectivity index (χ1n) is 6.79. The lowest BCUT2D eigenvalue weighted by Gasteiger charge is -2.22. The van der Waals surface area contributed by atoms with E-state index in [-0.39, 0.29) is 11.5 Å². The zero-order chi connectivity index (χ0) is 14.9. The molecule has 1 atom stereocenters. The highest BCUT2D eigenvalue weighted by atomic mass is 79.9.